The van der Waals surface area contributed by atoms with Crippen molar-refractivity contribution in [3.05, 3.63) is 35.4 Å². The van der Waals surface area contributed by atoms with Crippen molar-refractivity contribution >= 4 is 11.8 Å². The van der Waals surface area contributed by atoms with Gasteiger partial charge in [0.05, 0.1) is 11.1 Å². The molecule has 2 amide bonds. The number of alkyl halides is 3. The van der Waals surface area contributed by atoms with Gasteiger partial charge in [0.1, 0.15) is 6.04 Å². The lowest BCUT2D eigenvalue weighted by Gasteiger charge is -2.41. The molecule has 0 saturated carbocycles. The van der Waals surface area contributed by atoms with Gasteiger partial charge in [-0.1, -0.05) is 12.1 Å². The van der Waals surface area contributed by atoms with E-state index in [0.29, 0.717) is 6.54 Å². The number of benzene rings is 1. The first-order valence-corrected chi connectivity index (χ1v) is 7.58. The predicted molar refractivity (Wildman–Crippen MR) is 76.7 cm³/mol. The number of hydrogen-bond acceptors (Lipinski definition) is 2. The largest absolute Gasteiger partial charge is 0.417 e. The highest BCUT2D eigenvalue weighted by atomic mass is 19.4. The van der Waals surface area contributed by atoms with Crippen molar-refractivity contribution in [3.63, 3.8) is 0 Å². The summed E-state index contributed by atoms with van der Waals surface area (Å²) in [5.41, 5.74) is -1.36. The third kappa shape index (κ3) is 2.68. The Bertz CT molecular complexity index is 644. The fourth-order valence-corrected chi connectivity index (χ4v) is 3.40. The van der Waals surface area contributed by atoms with Gasteiger partial charge in [-0.15, -0.1) is 0 Å². The normalized spacial score (nSPS) is 24.8. The van der Waals surface area contributed by atoms with Crippen LogP contribution in [0.25, 0.3) is 0 Å². The Labute approximate surface area is 131 Å². The third-order valence-electron chi connectivity index (χ3n) is 4.62. The molecule has 4 nitrogen and oxygen atoms in total. The summed E-state index contributed by atoms with van der Waals surface area (Å²) < 4.78 is 39.4. The van der Waals surface area contributed by atoms with Gasteiger partial charge in [-0.3, -0.25) is 9.59 Å². The first-order chi connectivity index (χ1) is 10.8. The van der Waals surface area contributed by atoms with E-state index in [4.69, 9.17) is 0 Å². The molecule has 1 aromatic rings. The Morgan fingerprint density at radius 3 is 2.65 bits per heavy atom. The SMILES string of the molecule is C[C@H]1C(=O)N2CCC[C@@H]2CN1C(=O)c1ccccc1C(F)(F)F. The van der Waals surface area contributed by atoms with Crippen LogP contribution >= 0.6 is 0 Å². The molecule has 2 atom stereocenters. The summed E-state index contributed by atoms with van der Waals surface area (Å²) in [7, 11) is 0. The summed E-state index contributed by atoms with van der Waals surface area (Å²) in [4.78, 5) is 28.0. The van der Waals surface area contributed by atoms with Crippen molar-refractivity contribution in [3.8, 4) is 0 Å². The Morgan fingerprint density at radius 1 is 1.26 bits per heavy atom. The van der Waals surface area contributed by atoms with E-state index < -0.39 is 29.3 Å². The number of amides is 2. The van der Waals surface area contributed by atoms with E-state index in [1.165, 1.54) is 23.1 Å². The molecule has 23 heavy (non-hydrogen) atoms. The van der Waals surface area contributed by atoms with Crippen molar-refractivity contribution in [2.75, 3.05) is 13.1 Å². The van der Waals surface area contributed by atoms with Gasteiger partial charge in [-0.2, -0.15) is 13.2 Å². The van der Waals surface area contributed by atoms with Crippen LogP contribution < -0.4 is 0 Å². The molecule has 0 radical (unpaired) electrons. The zero-order chi connectivity index (χ0) is 16.8. The van der Waals surface area contributed by atoms with Crippen LogP contribution in [0.1, 0.15) is 35.7 Å². The Balaban J connectivity index is 1.93. The van der Waals surface area contributed by atoms with Gasteiger partial charge < -0.3 is 9.80 Å². The average Bonchev–Trinajstić information content (AvgIpc) is 2.98. The number of hydrogen-bond donors (Lipinski definition) is 0. The van der Waals surface area contributed by atoms with Gasteiger partial charge in [0.25, 0.3) is 5.91 Å². The molecule has 3 rings (SSSR count). The van der Waals surface area contributed by atoms with Crippen LogP contribution in [0.2, 0.25) is 0 Å². The minimum Gasteiger partial charge on any atom is -0.336 e. The topological polar surface area (TPSA) is 40.6 Å². The molecule has 2 fully saturated rings. The summed E-state index contributed by atoms with van der Waals surface area (Å²) in [6.07, 6.45) is -2.96. The van der Waals surface area contributed by atoms with Crippen LogP contribution in [0, 0.1) is 0 Å². The number of carbonyl (C=O) groups is 2. The number of carbonyl (C=O) groups excluding carboxylic acids is 2. The van der Waals surface area contributed by atoms with Crippen LogP contribution in [0.3, 0.4) is 0 Å². The average molecular weight is 326 g/mol. The monoisotopic (exact) mass is 326 g/mol. The second-order valence-electron chi connectivity index (χ2n) is 6.00. The minimum absolute atomic E-state index is 0.0827. The molecule has 0 bridgehead atoms. The fourth-order valence-electron chi connectivity index (χ4n) is 3.40. The van der Waals surface area contributed by atoms with Crippen LogP contribution in [0.4, 0.5) is 13.2 Å². The van der Waals surface area contributed by atoms with Crippen molar-refractivity contribution in [2.45, 2.75) is 38.0 Å². The van der Waals surface area contributed by atoms with E-state index in [1.54, 1.807) is 11.8 Å². The number of halogens is 3. The number of rotatable bonds is 1. The summed E-state index contributed by atoms with van der Waals surface area (Å²) >= 11 is 0. The molecule has 0 spiro atoms. The predicted octanol–water partition coefficient (Wildman–Crippen LogP) is 2.54. The zero-order valence-electron chi connectivity index (χ0n) is 12.6. The molecule has 1 aromatic carbocycles. The maximum Gasteiger partial charge on any atom is 0.417 e. The van der Waals surface area contributed by atoms with E-state index in [1.807, 2.05) is 0 Å². The molecule has 2 heterocycles. The van der Waals surface area contributed by atoms with E-state index in [2.05, 4.69) is 0 Å². The molecule has 2 saturated heterocycles. The summed E-state index contributed by atoms with van der Waals surface area (Å²) in [5.74, 6) is -0.915. The standard InChI is InChI=1S/C16H17F3N2O2/c1-10-14(22)20-8-4-5-11(20)9-21(10)15(23)12-6-2-3-7-13(12)16(17,18)19/h2-3,6-7,10-11H,4-5,8-9H2,1H3/t10-,11+/m0/s1. The maximum atomic E-state index is 13.1. The summed E-state index contributed by atoms with van der Waals surface area (Å²) in [6.45, 7) is 2.53. The molecular weight excluding hydrogens is 309 g/mol. The molecular formula is C16H17F3N2O2. The smallest absolute Gasteiger partial charge is 0.336 e. The zero-order valence-corrected chi connectivity index (χ0v) is 12.6. The van der Waals surface area contributed by atoms with E-state index in [0.717, 1.165) is 18.9 Å². The second-order valence-corrected chi connectivity index (χ2v) is 6.00. The molecule has 0 aromatic heterocycles. The van der Waals surface area contributed by atoms with E-state index >= 15 is 0 Å². The fraction of sp³-hybridized carbons (Fsp3) is 0.500. The number of nitrogens with zero attached hydrogens (tertiary/aromatic N) is 2. The lowest BCUT2D eigenvalue weighted by molar-refractivity contribution is -0.141. The Hall–Kier alpha value is -2.05. The van der Waals surface area contributed by atoms with Gasteiger partial charge in [-0.05, 0) is 31.9 Å². The highest BCUT2D eigenvalue weighted by Gasteiger charge is 2.44. The second kappa shape index (κ2) is 5.54. The lowest BCUT2D eigenvalue weighted by atomic mass is 10.0. The molecule has 7 heteroatoms. The van der Waals surface area contributed by atoms with Gasteiger partial charge >= 0.3 is 6.18 Å². The van der Waals surface area contributed by atoms with Crippen LogP contribution in [0.15, 0.2) is 24.3 Å². The number of piperazine rings is 1. The first-order valence-electron chi connectivity index (χ1n) is 7.58. The summed E-state index contributed by atoms with van der Waals surface area (Å²) in [5, 5.41) is 0. The quantitative estimate of drug-likeness (QED) is 0.796. The maximum absolute atomic E-state index is 13.1. The lowest BCUT2D eigenvalue weighted by Crippen LogP contribution is -2.60. The molecule has 2 aliphatic rings. The van der Waals surface area contributed by atoms with Gasteiger partial charge in [0.2, 0.25) is 5.91 Å². The molecule has 2 aliphatic heterocycles. The van der Waals surface area contributed by atoms with Crippen molar-refractivity contribution in [1.82, 2.24) is 9.80 Å². The van der Waals surface area contributed by atoms with Crippen molar-refractivity contribution < 1.29 is 22.8 Å². The summed E-state index contributed by atoms with van der Waals surface area (Å²) in [6, 6.07) is 3.90. The molecule has 124 valence electrons. The first kappa shape index (κ1) is 15.8. The van der Waals surface area contributed by atoms with Crippen molar-refractivity contribution in [2.24, 2.45) is 0 Å². The van der Waals surface area contributed by atoms with Gasteiger partial charge in [-0.25, -0.2) is 0 Å². The minimum atomic E-state index is -4.60. The number of fused-ring (bicyclic) bond motifs is 1. The molecule has 0 N–H and O–H groups in total. The van der Waals surface area contributed by atoms with Crippen LogP contribution in [0.5, 0.6) is 0 Å². The van der Waals surface area contributed by atoms with Crippen LogP contribution in [-0.2, 0) is 11.0 Å². The van der Waals surface area contributed by atoms with E-state index in [-0.39, 0.29) is 18.5 Å². The highest BCUT2D eigenvalue weighted by molar-refractivity contribution is 5.99. The molecule has 0 aliphatic carbocycles. The van der Waals surface area contributed by atoms with Gasteiger partial charge in [0, 0.05) is 19.1 Å². The third-order valence-corrected chi connectivity index (χ3v) is 4.62. The van der Waals surface area contributed by atoms with Crippen LogP contribution in [-0.4, -0.2) is 46.8 Å². The van der Waals surface area contributed by atoms with Gasteiger partial charge in [0.15, 0.2) is 0 Å². The Kier molecular flexibility index (Phi) is 3.82. The van der Waals surface area contributed by atoms with Crippen molar-refractivity contribution in [1.29, 1.82) is 0 Å². The molecule has 0 unspecified atom stereocenters. The highest BCUT2D eigenvalue weighted by Crippen LogP contribution is 2.34. The van der Waals surface area contributed by atoms with E-state index in [9.17, 15) is 22.8 Å². The Morgan fingerprint density at radius 2 is 1.96 bits per heavy atom.